The third-order valence-electron chi connectivity index (χ3n) is 2.01. The van der Waals surface area contributed by atoms with Crippen molar-refractivity contribution in [1.82, 2.24) is 0 Å². The third-order valence-corrected chi connectivity index (χ3v) is 2.01. The van der Waals surface area contributed by atoms with Gasteiger partial charge in [-0.2, -0.15) is 0 Å². The van der Waals surface area contributed by atoms with E-state index in [4.69, 9.17) is 0 Å². The van der Waals surface area contributed by atoms with Gasteiger partial charge in [-0.15, -0.1) is 0 Å². The van der Waals surface area contributed by atoms with Gasteiger partial charge in [-0.05, 0) is 0 Å². The first kappa shape index (κ1) is 13.3. The predicted octanol–water partition coefficient (Wildman–Crippen LogP) is 1.73. The monoisotopic (exact) mass is 252 g/mol. The number of hydrogen-bond donors (Lipinski definition) is 0. The van der Waals surface area contributed by atoms with Crippen molar-refractivity contribution in [3.05, 3.63) is 56.6 Å². The fourth-order valence-corrected chi connectivity index (χ4v) is 1.19. The quantitative estimate of drug-likeness (QED) is 0.341. The van der Waals surface area contributed by atoms with Crippen LogP contribution in [0.1, 0.15) is 5.56 Å². The van der Waals surface area contributed by atoms with E-state index in [0.29, 0.717) is 0 Å². The molecule has 1 aromatic carbocycles. The summed E-state index contributed by atoms with van der Waals surface area (Å²) < 4.78 is 4.62. The molecule has 94 valence electrons. The second kappa shape index (κ2) is 5.53. The lowest BCUT2D eigenvalue weighted by Gasteiger charge is -2.03. The van der Waals surface area contributed by atoms with Gasteiger partial charge >= 0.3 is 5.97 Å². The zero-order chi connectivity index (χ0) is 13.7. The van der Waals surface area contributed by atoms with Crippen molar-refractivity contribution < 1.29 is 19.4 Å². The number of nitro groups is 2. The summed E-state index contributed by atoms with van der Waals surface area (Å²) in [6.07, 6.45) is 0.892. The summed E-state index contributed by atoms with van der Waals surface area (Å²) in [5.41, 5.74) is -0.716. The van der Waals surface area contributed by atoms with E-state index in [-0.39, 0.29) is 16.9 Å². The van der Waals surface area contributed by atoms with Gasteiger partial charge in [0, 0.05) is 24.3 Å². The van der Waals surface area contributed by atoms with Crippen molar-refractivity contribution in [2.75, 3.05) is 0 Å². The summed E-state index contributed by atoms with van der Waals surface area (Å²) in [6.45, 7) is 2.73. The van der Waals surface area contributed by atoms with Crippen molar-refractivity contribution in [3.8, 4) is 0 Å². The molecular weight excluding hydrogens is 244 g/mol. The Labute approximate surface area is 101 Å². The molecule has 0 heterocycles. The summed E-state index contributed by atoms with van der Waals surface area (Å²) in [5.74, 6) is -0.768. The van der Waals surface area contributed by atoms with Crippen LogP contribution >= 0.6 is 0 Å². The molecule has 0 aromatic heterocycles. The topological polar surface area (TPSA) is 113 Å². The number of hydrogen-bond acceptors (Lipinski definition) is 6. The normalized spacial score (nSPS) is 9.56. The van der Waals surface area contributed by atoms with Crippen LogP contribution in [0, 0.1) is 20.2 Å². The molecule has 0 unspecified atom stereocenters. The Balaban J connectivity index is 3.07. The maximum atomic E-state index is 10.8. The van der Waals surface area contributed by atoms with Gasteiger partial charge in [0.05, 0.1) is 15.4 Å². The number of nitro benzene ring substituents is 2. The molecule has 0 aliphatic carbocycles. The zero-order valence-electron chi connectivity index (χ0n) is 9.07. The summed E-state index contributed by atoms with van der Waals surface area (Å²) in [6, 6.07) is 3.00. The van der Waals surface area contributed by atoms with E-state index in [0.717, 1.165) is 24.3 Å². The Kier molecular flexibility index (Phi) is 4.08. The average Bonchev–Trinajstić information content (AvgIpc) is 2.35. The fraction of sp³-hybridized carbons (Fsp3) is 0.100. The first-order valence-corrected chi connectivity index (χ1v) is 4.66. The molecule has 1 aromatic rings. The number of non-ortho nitro benzene ring substituents is 1. The molecule has 8 heteroatoms. The molecule has 18 heavy (non-hydrogen) atoms. The minimum absolute atomic E-state index is 0.0515. The van der Waals surface area contributed by atoms with E-state index in [1.54, 1.807) is 0 Å². The summed E-state index contributed by atoms with van der Waals surface area (Å²) in [7, 11) is 0. The third kappa shape index (κ3) is 3.11. The molecule has 0 saturated carbocycles. The highest BCUT2D eigenvalue weighted by Crippen LogP contribution is 2.24. The van der Waals surface area contributed by atoms with Crippen molar-refractivity contribution in [2.24, 2.45) is 0 Å². The second-order valence-electron chi connectivity index (χ2n) is 3.14. The molecule has 0 N–H and O–H groups in total. The van der Waals surface area contributed by atoms with Crippen LogP contribution in [0.5, 0.6) is 0 Å². The van der Waals surface area contributed by atoms with Gasteiger partial charge in [-0.1, -0.05) is 6.58 Å². The van der Waals surface area contributed by atoms with E-state index in [9.17, 15) is 25.0 Å². The summed E-state index contributed by atoms with van der Waals surface area (Å²) >= 11 is 0. The minimum atomic E-state index is -0.768. The lowest BCUT2D eigenvalue weighted by Crippen LogP contribution is -2.04. The first-order chi connectivity index (χ1) is 8.45. The Morgan fingerprint density at radius 2 is 2.00 bits per heavy atom. The average molecular weight is 252 g/mol. The van der Waals surface area contributed by atoms with Gasteiger partial charge in [0.1, 0.15) is 6.61 Å². The number of benzene rings is 1. The largest absolute Gasteiger partial charge is 0.457 e. The molecule has 1 rings (SSSR count). The molecule has 0 amide bonds. The molecule has 0 spiro atoms. The molecule has 0 radical (unpaired) electrons. The van der Waals surface area contributed by atoms with E-state index < -0.39 is 22.4 Å². The first-order valence-electron chi connectivity index (χ1n) is 4.66. The van der Waals surface area contributed by atoms with E-state index in [1.165, 1.54) is 0 Å². The van der Waals surface area contributed by atoms with Crippen LogP contribution in [0.4, 0.5) is 11.4 Å². The number of esters is 1. The van der Waals surface area contributed by atoms with Crippen molar-refractivity contribution in [1.29, 1.82) is 0 Å². The van der Waals surface area contributed by atoms with Crippen LogP contribution < -0.4 is 0 Å². The van der Waals surface area contributed by atoms with Crippen LogP contribution in [0.15, 0.2) is 30.9 Å². The van der Waals surface area contributed by atoms with Gasteiger partial charge in [-0.25, -0.2) is 4.79 Å². The highest BCUT2D eigenvalue weighted by atomic mass is 16.6. The van der Waals surface area contributed by atoms with Gasteiger partial charge in [0.2, 0.25) is 0 Å². The Hall–Kier alpha value is -2.77. The summed E-state index contributed by atoms with van der Waals surface area (Å²) in [5, 5.41) is 21.2. The van der Waals surface area contributed by atoms with Crippen LogP contribution in [-0.2, 0) is 16.1 Å². The van der Waals surface area contributed by atoms with Crippen molar-refractivity contribution >= 4 is 17.3 Å². The molecule has 8 nitrogen and oxygen atoms in total. The molecule has 0 aliphatic rings. The van der Waals surface area contributed by atoms with E-state index in [2.05, 4.69) is 11.3 Å². The number of nitrogens with zero attached hydrogens (tertiary/aromatic N) is 2. The second-order valence-corrected chi connectivity index (χ2v) is 3.14. The highest BCUT2D eigenvalue weighted by molar-refractivity contribution is 5.81. The van der Waals surface area contributed by atoms with Crippen molar-refractivity contribution in [2.45, 2.75) is 6.61 Å². The maximum absolute atomic E-state index is 10.8. The molecule has 0 fully saturated rings. The summed E-state index contributed by atoms with van der Waals surface area (Å²) in [4.78, 5) is 30.7. The lowest BCUT2D eigenvalue weighted by molar-refractivity contribution is -0.389. The van der Waals surface area contributed by atoms with Crippen LogP contribution in [0.3, 0.4) is 0 Å². The van der Waals surface area contributed by atoms with Gasteiger partial charge in [0.15, 0.2) is 0 Å². The number of ether oxygens (including phenoxy) is 1. The van der Waals surface area contributed by atoms with Crippen molar-refractivity contribution in [3.63, 3.8) is 0 Å². The number of rotatable bonds is 5. The Morgan fingerprint density at radius 1 is 1.33 bits per heavy atom. The lowest BCUT2D eigenvalue weighted by atomic mass is 10.1. The van der Waals surface area contributed by atoms with Gasteiger partial charge < -0.3 is 4.74 Å². The smallest absolute Gasteiger partial charge is 0.330 e. The van der Waals surface area contributed by atoms with Crippen LogP contribution in [0.25, 0.3) is 0 Å². The number of carbonyl (C=O) groups excluding carboxylic acids is 1. The minimum Gasteiger partial charge on any atom is -0.457 e. The highest BCUT2D eigenvalue weighted by Gasteiger charge is 2.19. The standard InChI is InChI=1S/C10H8N2O6/c1-2-10(13)18-6-7-5-8(11(14)15)3-4-9(7)12(16)17/h2-5H,1,6H2. The number of carbonyl (C=O) groups is 1. The molecule has 0 atom stereocenters. The Bertz CT molecular complexity index is 525. The molecule has 0 saturated heterocycles. The molecular formula is C10H8N2O6. The predicted molar refractivity (Wildman–Crippen MR) is 59.7 cm³/mol. The molecule has 0 bridgehead atoms. The van der Waals surface area contributed by atoms with Crippen LogP contribution in [-0.4, -0.2) is 15.8 Å². The Morgan fingerprint density at radius 3 is 2.50 bits per heavy atom. The van der Waals surface area contributed by atoms with Gasteiger partial charge in [0.25, 0.3) is 11.4 Å². The van der Waals surface area contributed by atoms with Gasteiger partial charge in [-0.3, -0.25) is 20.2 Å². The van der Waals surface area contributed by atoms with E-state index in [1.807, 2.05) is 0 Å². The fourth-order valence-electron chi connectivity index (χ4n) is 1.19. The zero-order valence-corrected chi connectivity index (χ0v) is 9.07. The maximum Gasteiger partial charge on any atom is 0.330 e. The SMILES string of the molecule is C=CC(=O)OCc1cc([N+](=O)[O-])ccc1[N+](=O)[O-]. The van der Waals surface area contributed by atoms with E-state index >= 15 is 0 Å². The van der Waals surface area contributed by atoms with Crippen LogP contribution in [0.2, 0.25) is 0 Å². The molecule has 0 aliphatic heterocycles.